The fourth-order valence-electron chi connectivity index (χ4n) is 1.63. The Labute approximate surface area is 83.1 Å². The van der Waals surface area contributed by atoms with Crippen LogP contribution in [0.3, 0.4) is 0 Å². The number of hydrogen-bond donors (Lipinski definition) is 1. The van der Waals surface area contributed by atoms with Crippen LogP contribution in [0.15, 0.2) is 24.3 Å². The number of carbonyl (C=O) groups is 1. The first kappa shape index (κ1) is 9.06. The molecule has 0 spiro atoms. The van der Waals surface area contributed by atoms with Crippen molar-refractivity contribution in [1.82, 2.24) is 5.32 Å². The number of alkyl carbamates (subject to hydrolysis) is 1. The summed E-state index contributed by atoms with van der Waals surface area (Å²) >= 11 is 0. The second-order valence-corrected chi connectivity index (χ2v) is 3.67. The Morgan fingerprint density at radius 1 is 1.29 bits per heavy atom. The molecule has 2 rings (SSSR count). The van der Waals surface area contributed by atoms with Crippen molar-refractivity contribution in [3.8, 4) is 0 Å². The zero-order chi connectivity index (χ0) is 10.1. The molecule has 2 atom stereocenters. The zero-order valence-electron chi connectivity index (χ0n) is 8.28. The van der Waals surface area contributed by atoms with Gasteiger partial charge in [0, 0.05) is 0 Å². The standard InChI is InChI=1S/C11H13NO2/c1-7-3-5-9(6-4-7)10-8(2)12-11(13)14-10/h3-6,8,10H,1-2H3,(H,12,13)/t8-,10+/m1/s1. The van der Waals surface area contributed by atoms with E-state index in [0.717, 1.165) is 5.56 Å². The summed E-state index contributed by atoms with van der Waals surface area (Å²) < 4.78 is 5.15. The van der Waals surface area contributed by atoms with Crippen molar-refractivity contribution < 1.29 is 9.53 Å². The molecule has 0 aliphatic carbocycles. The Hall–Kier alpha value is -1.51. The van der Waals surface area contributed by atoms with Gasteiger partial charge in [0.25, 0.3) is 0 Å². The van der Waals surface area contributed by atoms with E-state index < -0.39 is 0 Å². The number of carbonyl (C=O) groups excluding carboxylic acids is 1. The van der Waals surface area contributed by atoms with Crippen LogP contribution >= 0.6 is 0 Å². The van der Waals surface area contributed by atoms with Crippen LogP contribution in [0.4, 0.5) is 4.79 Å². The molecule has 1 aliphatic heterocycles. The summed E-state index contributed by atoms with van der Waals surface area (Å²) in [6.07, 6.45) is -0.480. The van der Waals surface area contributed by atoms with Gasteiger partial charge in [-0.15, -0.1) is 0 Å². The highest BCUT2D eigenvalue weighted by atomic mass is 16.6. The van der Waals surface area contributed by atoms with E-state index in [1.807, 2.05) is 38.1 Å². The van der Waals surface area contributed by atoms with Crippen molar-refractivity contribution >= 4 is 6.09 Å². The molecule has 0 aromatic heterocycles. The molecule has 3 nitrogen and oxygen atoms in total. The number of amides is 1. The van der Waals surface area contributed by atoms with Crippen molar-refractivity contribution in [2.24, 2.45) is 0 Å². The Morgan fingerprint density at radius 2 is 1.93 bits per heavy atom. The van der Waals surface area contributed by atoms with Gasteiger partial charge < -0.3 is 10.1 Å². The Bertz CT molecular complexity index is 345. The van der Waals surface area contributed by atoms with Gasteiger partial charge in [0.05, 0.1) is 6.04 Å². The van der Waals surface area contributed by atoms with Crippen LogP contribution in [-0.2, 0) is 4.74 Å². The van der Waals surface area contributed by atoms with E-state index in [4.69, 9.17) is 4.74 Å². The third kappa shape index (κ3) is 1.58. The molecule has 0 radical (unpaired) electrons. The maximum atomic E-state index is 11.0. The highest BCUT2D eigenvalue weighted by molar-refractivity contribution is 5.70. The summed E-state index contributed by atoms with van der Waals surface area (Å²) in [5.74, 6) is 0. The monoisotopic (exact) mass is 191 g/mol. The molecule has 1 aromatic rings. The maximum Gasteiger partial charge on any atom is 0.408 e. The maximum absolute atomic E-state index is 11.0. The van der Waals surface area contributed by atoms with E-state index in [1.54, 1.807) is 0 Å². The Balaban J connectivity index is 2.23. The van der Waals surface area contributed by atoms with E-state index in [-0.39, 0.29) is 18.2 Å². The highest BCUT2D eigenvalue weighted by Gasteiger charge is 2.31. The van der Waals surface area contributed by atoms with Crippen molar-refractivity contribution in [3.63, 3.8) is 0 Å². The van der Waals surface area contributed by atoms with Gasteiger partial charge in [0.2, 0.25) is 0 Å². The second-order valence-electron chi connectivity index (χ2n) is 3.67. The van der Waals surface area contributed by atoms with Crippen LogP contribution in [0.1, 0.15) is 24.2 Å². The lowest BCUT2D eigenvalue weighted by Crippen LogP contribution is -2.23. The molecule has 1 aromatic carbocycles. The molecule has 0 bridgehead atoms. The van der Waals surface area contributed by atoms with Gasteiger partial charge in [-0.1, -0.05) is 29.8 Å². The summed E-state index contributed by atoms with van der Waals surface area (Å²) in [6.45, 7) is 3.97. The fraction of sp³-hybridized carbons (Fsp3) is 0.364. The summed E-state index contributed by atoms with van der Waals surface area (Å²) in [6, 6.07) is 8.08. The molecule has 1 fully saturated rings. The van der Waals surface area contributed by atoms with Crippen molar-refractivity contribution in [3.05, 3.63) is 35.4 Å². The largest absolute Gasteiger partial charge is 0.439 e. The number of benzene rings is 1. The minimum atomic E-state index is -0.330. The second kappa shape index (κ2) is 3.33. The normalized spacial score (nSPS) is 25.7. The van der Waals surface area contributed by atoms with Gasteiger partial charge in [-0.05, 0) is 19.4 Å². The molecule has 74 valence electrons. The summed E-state index contributed by atoms with van der Waals surface area (Å²) in [4.78, 5) is 11.0. The Morgan fingerprint density at radius 3 is 2.43 bits per heavy atom. The van der Waals surface area contributed by atoms with E-state index in [9.17, 15) is 4.79 Å². The van der Waals surface area contributed by atoms with Crippen LogP contribution in [0, 0.1) is 6.92 Å². The van der Waals surface area contributed by atoms with Gasteiger partial charge in [-0.25, -0.2) is 4.79 Å². The molecular weight excluding hydrogens is 178 g/mol. The van der Waals surface area contributed by atoms with E-state index in [2.05, 4.69) is 5.32 Å². The minimum absolute atomic E-state index is 0.0465. The van der Waals surface area contributed by atoms with E-state index in [0.29, 0.717) is 0 Å². The molecule has 1 amide bonds. The Kier molecular flexibility index (Phi) is 2.15. The molecule has 1 heterocycles. The number of rotatable bonds is 1. The molecule has 3 heteroatoms. The quantitative estimate of drug-likeness (QED) is 0.738. The van der Waals surface area contributed by atoms with Crippen molar-refractivity contribution in [1.29, 1.82) is 0 Å². The first-order chi connectivity index (χ1) is 6.66. The van der Waals surface area contributed by atoms with Gasteiger partial charge >= 0.3 is 6.09 Å². The third-order valence-electron chi connectivity index (χ3n) is 2.44. The molecule has 0 saturated carbocycles. The number of ether oxygens (including phenoxy) is 1. The molecular formula is C11H13NO2. The number of aryl methyl sites for hydroxylation is 1. The first-order valence-corrected chi connectivity index (χ1v) is 4.70. The van der Waals surface area contributed by atoms with Crippen molar-refractivity contribution in [2.75, 3.05) is 0 Å². The predicted octanol–water partition coefficient (Wildman–Crippen LogP) is 2.16. The molecule has 1 saturated heterocycles. The smallest absolute Gasteiger partial charge is 0.408 e. The topological polar surface area (TPSA) is 38.3 Å². The van der Waals surface area contributed by atoms with Crippen LogP contribution in [0.5, 0.6) is 0 Å². The van der Waals surface area contributed by atoms with Crippen LogP contribution in [0.2, 0.25) is 0 Å². The summed E-state index contributed by atoms with van der Waals surface area (Å²) in [5, 5.41) is 2.72. The fourth-order valence-corrected chi connectivity index (χ4v) is 1.63. The molecule has 14 heavy (non-hydrogen) atoms. The average molecular weight is 191 g/mol. The van der Waals surface area contributed by atoms with E-state index in [1.165, 1.54) is 5.56 Å². The molecule has 1 N–H and O–H groups in total. The minimum Gasteiger partial charge on any atom is -0.439 e. The number of cyclic esters (lactones) is 1. The lowest BCUT2D eigenvalue weighted by molar-refractivity contribution is 0.134. The van der Waals surface area contributed by atoms with Gasteiger partial charge in [-0.2, -0.15) is 0 Å². The number of nitrogens with one attached hydrogen (secondary N) is 1. The summed E-state index contributed by atoms with van der Waals surface area (Å²) in [5.41, 5.74) is 2.25. The van der Waals surface area contributed by atoms with E-state index >= 15 is 0 Å². The third-order valence-corrected chi connectivity index (χ3v) is 2.44. The lowest BCUT2D eigenvalue weighted by atomic mass is 10.0. The lowest BCUT2D eigenvalue weighted by Gasteiger charge is -2.12. The van der Waals surface area contributed by atoms with Crippen LogP contribution < -0.4 is 5.32 Å². The van der Waals surface area contributed by atoms with Gasteiger partial charge in [0.1, 0.15) is 6.10 Å². The van der Waals surface area contributed by atoms with Crippen LogP contribution in [0.25, 0.3) is 0 Å². The SMILES string of the molecule is Cc1ccc([C@H]2OC(=O)N[C@@H]2C)cc1. The molecule has 1 aliphatic rings. The van der Waals surface area contributed by atoms with Crippen molar-refractivity contribution in [2.45, 2.75) is 26.0 Å². The number of hydrogen-bond acceptors (Lipinski definition) is 2. The zero-order valence-corrected chi connectivity index (χ0v) is 8.28. The average Bonchev–Trinajstić information content (AvgIpc) is 2.47. The molecule has 0 unspecified atom stereocenters. The van der Waals surface area contributed by atoms with Gasteiger partial charge in [0.15, 0.2) is 0 Å². The predicted molar refractivity (Wildman–Crippen MR) is 53.0 cm³/mol. The van der Waals surface area contributed by atoms with Gasteiger partial charge in [-0.3, -0.25) is 0 Å². The highest BCUT2D eigenvalue weighted by Crippen LogP contribution is 2.25. The van der Waals surface area contributed by atoms with Crippen LogP contribution in [-0.4, -0.2) is 12.1 Å². The first-order valence-electron chi connectivity index (χ1n) is 4.70. The summed E-state index contributed by atoms with van der Waals surface area (Å²) in [7, 11) is 0.